The van der Waals surface area contributed by atoms with Gasteiger partial charge in [0.25, 0.3) is 0 Å². The number of carbonyl (C=O) groups is 2. The van der Waals surface area contributed by atoms with Crippen LogP contribution in [0.25, 0.3) is 0 Å². The molecule has 1 aliphatic heterocycles. The molecule has 2 fully saturated rings. The number of benzene rings is 1. The van der Waals surface area contributed by atoms with Gasteiger partial charge in [-0.05, 0) is 68.4 Å². The number of rotatable bonds is 5. The molecule has 1 heterocycles. The van der Waals surface area contributed by atoms with Crippen LogP contribution in [0.15, 0.2) is 12.1 Å². The molecular formula is C23H29ClF3NO4. The SMILES string of the molecule is Cc1cc(Cl)cc(C)c1C1C(=O)NC2(CCC(OCC(F)(F)F)CC2)C1OC(=O)C(C)C. The summed E-state index contributed by atoms with van der Waals surface area (Å²) in [5.74, 6) is -1.78. The Kier molecular flexibility index (Phi) is 7.15. The van der Waals surface area contributed by atoms with Crippen LogP contribution in [0.3, 0.4) is 0 Å². The summed E-state index contributed by atoms with van der Waals surface area (Å²) < 4.78 is 48.5. The van der Waals surface area contributed by atoms with E-state index in [4.69, 9.17) is 21.1 Å². The van der Waals surface area contributed by atoms with Gasteiger partial charge in [0.05, 0.1) is 17.6 Å². The second-order valence-electron chi connectivity index (χ2n) is 9.21. The maximum Gasteiger partial charge on any atom is 0.411 e. The van der Waals surface area contributed by atoms with Crippen molar-refractivity contribution in [2.75, 3.05) is 6.61 Å². The maximum absolute atomic E-state index is 13.2. The van der Waals surface area contributed by atoms with Crippen molar-refractivity contribution >= 4 is 23.5 Å². The largest absolute Gasteiger partial charge is 0.458 e. The van der Waals surface area contributed by atoms with Crippen molar-refractivity contribution in [3.8, 4) is 0 Å². The van der Waals surface area contributed by atoms with Crippen LogP contribution in [0, 0.1) is 19.8 Å². The summed E-state index contributed by atoms with van der Waals surface area (Å²) in [6.07, 6.45) is -4.33. The van der Waals surface area contributed by atoms with Crippen molar-refractivity contribution in [1.29, 1.82) is 0 Å². The molecule has 0 aromatic heterocycles. The molecule has 1 aliphatic carbocycles. The minimum atomic E-state index is -4.39. The third-order valence-electron chi connectivity index (χ3n) is 6.39. The number of amides is 1. The van der Waals surface area contributed by atoms with Crippen LogP contribution in [-0.2, 0) is 19.1 Å². The molecule has 2 aliphatic rings. The second-order valence-corrected chi connectivity index (χ2v) is 9.65. The summed E-state index contributed by atoms with van der Waals surface area (Å²) in [5, 5.41) is 3.60. The number of esters is 1. The molecular weight excluding hydrogens is 447 g/mol. The Balaban J connectivity index is 1.90. The Bertz CT molecular complexity index is 855. The Labute approximate surface area is 191 Å². The average Bonchev–Trinajstić information content (AvgIpc) is 2.91. The Morgan fingerprint density at radius 1 is 1.22 bits per heavy atom. The molecule has 0 radical (unpaired) electrons. The van der Waals surface area contributed by atoms with Gasteiger partial charge in [-0.15, -0.1) is 0 Å². The van der Waals surface area contributed by atoms with Gasteiger partial charge in [-0.1, -0.05) is 25.4 Å². The monoisotopic (exact) mass is 475 g/mol. The van der Waals surface area contributed by atoms with Crippen LogP contribution in [0.4, 0.5) is 13.2 Å². The fourth-order valence-corrected chi connectivity index (χ4v) is 5.21. The Morgan fingerprint density at radius 2 is 1.78 bits per heavy atom. The number of hydrogen-bond donors (Lipinski definition) is 1. The van der Waals surface area contributed by atoms with Crippen molar-refractivity contribution in [1.82, 2.24) is 5.32 Å². The zero-order valence-electron chi connectivity index (χ0n) is 18.6. The third kappa shape index (κ3) is 5.22. The van der Waals surface area contributed by atoms with Gasteiger partial charge < -0.3 is 14.8 Å². The predicted molar refractivity (Wildman–Crippen MR) is 114 cm³/mol. The van der Waals surface area contributed by atoms with Crippen LogP contribution in [0.5, 0.6) is 0 Å². The minimum Gasteiger partial charge on any atom is -0.458 e. The van der Waals surface area contributed by atoms with Crippen molar-refractivity contribution < 1.29 is 32.2 Å². The predicted octanol–water partition coefficient (Wildman–Crippen LogP) is 5.00. The highest BCUT2D eigenvalue weighted by atomic mass is 35.5. The van der Waals surface area contributed by atoms with E-state index in [1.807, 2.05) is 13.8 Å². The number of ether oxygens (including phenoxy) is 2. The first-order chi connectivity index (χ1) is 14.8. The molecule has 1 saturated carbocycles. The lowest BCUT2D eigenvalue weighted by Crippen LogP contribution is -2.54. The number of alkyl halides is 3. The lowest BCUT2D eigenvalue weighted by molar-refractivity contribution is -0.190. The van der Waals surface area contributed by atoms with Gasteiger partial charge in [-0.25, -0.2) is 0 Å². The van der Waals surface area contributed by atoms with E-state index in [2.05, 4.69) is 5.32 Å². The zero-order valence-corrected chi connectivity index (χ0v) is 19.4. The molecule has 1 aromatic rings. The molecule has 0 bridgehead atoms. The molecule has 5 nitrogen and oxygen atoms in total. The molecule has 1 N–H and O–H groups in total. The number of carbonyl (C=O) groups excluding carboxylic acids is 2. The van der Waals surface area contributed by atoms with Crippen molar-refractivity contribution in [2.24, 2.45) is 5.92 Å². The van der Waals surface area contributed by atoms with Gasteiger partial charge in [0, 0.05) is 5.02 Å². The van der Waals surface area contributed by atoms with E-state index < -0.39 is 42.4 Å². The minimum absolute atomic E-state index is 0.255. The van der Waals surface area contributed by atoms with Crippen LogP contribution >= 0.6 is 11.6 Å². The number of halogens is 4. The highest BCUT2D eigenvalue weighted by Gasteiger charge is 2.57. The quantitative estimate of drug-likeness (QED) is 0.609. The van der Waals surface area contributed by atoms with E-state index in [0.717, 1.165) is 16.7 Å². The molecule has 2 unspecified atom stereocenters. The highest BCUT2D eigenvalue weighted by molar-refractivity contribution is 6.30. The topological polar surface area (TPSA) is 64.6 Å². The number of aryl methyl sites for hydroxylation is 2. The van der Waals surface area contributed by atoms with Gasteiger partial charge in [0.2, 0.25) is 5.91 Å². The van der Waals surface area contributed by atoms with Crippen molar-refractivity contribution in [2.45, 2.75) is 83.2 Å². The number of nitrogens with one attached hydrogen (secondary N) is 1. The summed E-state index contributed by atoms with van der Waals surface area (Å²) in [6, 6.07) is 3.54. The normalized spacial score (nSPS) is 28.3. The highest BCUT2D eigenvalue weighted by Crippen LogP contribution is 2.46. The van der Waals surface area contributed by atoms with Crippen molar-refractivity contribution in [3.63, 3.8) is 0 Å². The third-order valence-corrected chi connectivity index (χ3v) is 6.61. The molecule has 1 spiro atoms. The number of hydrogen-bond acceptors (Lipinski definition) is 4. The Morgan fingerprint density at radius 3 is 2.28 bits per heavy atom. The van der Waals surface area contributed by atoms with Crippen LogP contribution in [0.1, 0.15) is 62.1 Å². The van der Waals surface area contributed by atoms with E-state index in [0.29, 0.717) is 30.7 Å². The molecule has 32 heavy (non-hydrogen) atoms. The van der Waals surface area contributed by atoms with Gasteiger partial charge in [-0.2, -0.15) is 13.2 Å². The zero-order chi connectivity index (χ0) is 23.8. The Hall–Kier alpha value is -1.80. The molecule has 3 rings (SSSR count). The van der Waals surface area contributed by atoms with E-state index in [-0.39, 0.29) is 11.8 Å². The summed E-state index contributed by atoms with van der Waals surface area (Å²) in [4.78, 5) is 25.8. The summed E-state index contributed by atoms with van der Waals surface area (Å²) >= 11 is 6.17. The van der Waals surface area contributed by atoms with E-state index in [9.17, 15) is 22.8 Å². The van der Waals surface area contributed by atoms with Gasteiger partial charge in [0.1, 0.15) is 18.6 Å². The molecule has 2 atom stereocenters. The summed E-state index contributed by atoms with van der Waals surface area (Å²) in [6.45, 7) is 5.85. The fraction of sp³-hybridized carbons (Fsp3) is 0.652. The smallest absolute Gasteiger partial charge is 0.411 e. The molecule has 1 amide bonds. The lowest BCUT2D eigenvalue weighted by Gasteiger charge is -2.41. The van der Waals surface area contributed by atoms with Crippen molar-refractivity contribution in [3.05, 3.63) is 33.8 Å². The van der Waals surface area contributed by atoms with Crippen LogP contribution in [0.2, 0.25) is 5.02 Å². The van der Waals surface area contributed by atoms with E-state index in [1.165, 1.54) is 0 Å². The summed E-state index contributed by atoms with van der Waals surface area (Å²) in [7, 11) is 0. The second kappa shape index (κ2) is 9.21. The van der Waals surface area contributed by atoms with Crippen LogP contribution < -0.4 is 5.32 Å². The first-order valence-electron chi connectivity index (χ1n) is 10.8. The molecule has 1 aromatic carbocycles. The van der Waals surface area contributed by atoms with Gasteiger partial charge >= 0.3 is 12.1 Å². The average molecular weight is 476 g/mol. The molecule has 178 valence electrons. The van der Waals surface area contributed by atoms with E-state index in [1.54, 1.807) is 26.0 Å². The van der Waals surface area contributed by atoms with E-state index >= 15 is 0 Å². The maximum atomic E-state index is 13.2. The lowest BCUT2D eigenvalue weighted by atomic mass is 9.73. The molecule has 1 saturated heterocycles. The van der Waals surface area contributed by atoms with Gasteiger partial charge in [0.15, 0.2) is 0 Å². The fourth-order valence-electron chi connectivity index (χ4n) is 4.88. The van der Waals surface area contributed by atoms with Gasteiger partial charge in [-0.3, -0.25) is 9.59 Å². The van der Waals surface area contributed by atoms with Crippen LogP contribution in [-0.4, -0.2) is 42.4 Å². The summed E-state index contributed by atoms with van der Waals surface area (Å²) in [5.41, 5.74) is 1.56. The standard InChI is InChI=1S/C23H29ClF3NO4/c1-12(2)21(30)32-19-18(17-13(3)9-15(24)10-14(17)4)20(29)28-22(19)7-5-16(6-8-22)31-11-23(25,26)27/h9-10,12,16,18-19H,5-8,11H2,1-4H3,(H,28,29). The first kappa shape index (κ1) is 24.8. The molecule has 9 heteroatoms. The first-order valence-corrected chi connectivity index (χ1v) is 11.2.